The third-order valence-electron chi connectivity index (χ3n) is 3.36. The lowest BCUT2D eigenvalue weighted by Crippen LogP contribution is -2.44. The van der Waals surface area contributed by atoms with Crippen LogP contribution in [-0.2, 0) is 11.2 Å². The number of nitrogens with one attached hydrogen (secondary N) is 1. The number of nitrogens with zero attached hydrogens (tertiary/aromatic N) is 2. The maximum atomic E-state index is 11.4. The van der Waals surface area contributed by atoms with E-state index in [1.54, 1.807) is 6.92 Å². The van der Waals surface area contributed by atoms with Gasteiger partial charge >= 0.3 is 5.97 Å². The van der Waals surface area contributed by atoms with E-state index in [1.807, 2.05) is 0 Å². The van der Waals surface area contributed by atoms with Crippen molar-refractivity contribution in [1.29, 1.82) is 0 Å². The Morgan fingerprint density at radius 3 is 2.83 bits per heavy atom. The van der Waals surface area contributed by atoms with Crippen molar-refractivity contribution in [1.82, 2.24) is 15.2 Å². The number of aromatic nitrogens is 3. The molecule has 0 amide bonds. The molecule has 1 fully saturated rings. The highest BCUT2D eigenvalue weighted by Gasteiger charge is 2.29. The molecule has 18 heavy (non-hydrogen) atoms. The van der Waals surface area contributed by atoms with Crippen LogP contribution in [0.15, 0.2) is 0 Å². The number of rotatable bonds is 4. The van der Waals surface area contributed by atoms with E-state index in [0.717, 1.165) is 25.7 Å². The Hall–Kier alpha value is -1.43. The third kappa shape index (κ3) is 3.07. The molecule has 6 nitrogen and oxygen atoms in total. The molecule has 0 saturated heterocycles. The molecule has 0 atom stereocenters. The minimum absolute atomic E-state index is 0.0891. The van der Waals surface area contributed by atoms with Crippen LogP contribution in [0.2, 0.25) is 0 Å². The zero-order chi connectivity index (χ0) is 13.0. The fourth-order valence-corrected chi connectivity index (χ4v) is 2.43. The summed E-state index contributed by atoms with van der Waals surface area (Å²) in [5.41, 5.74) is 6.13. The van der Waals surface area contributed by atoms with E-state index in [9.17, 15) is 4.79 Å². The minimum Gasteiger partial charge on any atom is -0.460 e. The lowest BCUT2D eigenvalue weighted by Gasteiger charge is -2.32. The van der Waals surface area contributed by atoms with Gasteiger partial charge in [0.2, 0.25) is 0 Å². The molecule has 1 heterocycles. The molecule has 3 N–H and O–H groups in total. The minimum atomic E-state index is -0.491. The standard InChI is InChI=1S/C12H20N4O2/c1-2-18-11(17)10-14-9(15-16-10)8-12(13)6-4-3-5-7-12/h2-8,13H2,1H3,(H,14,15,16). The summed E-state index contributed by atoms with van der Waals surface area (Å²) in [5.74, 6) is 0.267. The van der Waals surface area contributed by atoms with Crippen molar-refractivity contribution >= 4 is 5.97 Å². The van der Waals surface area contributed by atoms with Crippen LogP contribution in [-0.4, -0.2) is 33.3 Å². The smallest absolute Gasteiger partial charge is 0.378 e. The topological polar surface area (TPSA) is 93.9 Å². The van der Waals surface area contributed by atoms with Gasteiger partial charge in [0.15, 0.2) is 0 Å². The predicted molar refractivity (Wildman–Crippen MR) is 66.0 cm³/mol. The maximum absolute atomic E-state index is 11.4. The number of carbonyl (C=O) groups excluding carboxylic acids is 1. The van der Waals surface area contributed by atoms with Crippen LogP contribution >= 0.6 is 0 Å². The largest absolute Gasteiger partial charge is 0.460 e. The van der Waals surface area contributed by atoms with Gasteiger partial charge in [0, 0.05) is 12.0 Å². The summed E-state index contributed by atoms with van der Waals surface area (Å²) >= 11 is 0. The van der Waals surface area contributed by atoms with Gasteiger partial charge in [-0.15, -0.1) is 5.10 Å². The fraction of sp³-hybridized carbons (Fsp3) is 0.750. The number of esters is 1. The van der Waals surface area contributed by atoms with E-state index in [2.05, 4.69) is 15.2 Å². The number of hydrogen-bond acceptors (Lipinski definition) is 5. The van der Waals surface area contributed by atoms with Crippen molar-refractivity contribution in [2.24, 2.45) is 5.73 Å². The Labute approximate surface area is 106 Å². The lowest BCUT2D eigenvalue weighted by atomic mass is 9.80. The molecule has 0 aliphatic heterocycles. The molecular formula is C12H20N4O2. The Morgan fingerprint density at radius 2 is 2.17 bits per heavy atom. The molecule has 1 aromatic rings. The summed E-state index contributed by atoms with van der Waals surface area (Å²) in [4.78, 5) is 15.6. The molecule has 1 saturated carbocycles. The van der Waals surface area contributed by atoms with Crippen molar-refractivity contribution in [3.63, 3.8) is 0 Å². The van der Waals surface area contributed by atoms with Crippen molar-refractivity contribution < 1.29 is 9.53 Å². The highest BCUT2D eigenvalue weighted by atomic mass is 16.5. The Morgan fingerprint density at radius 1 is 1.44 bits per heavy atom. The third-order valence-corrected chi connectivity index (χ3v) is 3.36. The molecule has 0 radical (unpaired) electrons. The van der Waals surface area contributed by atoms with Crippen LogP contribution in [0, 0.1) is 0 Å². The predicted octanol–water partition coefficient (Wildman–Crippen LogP) is 1.19. The molecule has 100 valence electrons. The number of nitrogens with two attached hydrogens (primary N) is 1. The monoisotopic (exact) mass is 252 g/mol. The molecule has 6 heteroatoms. The van der Waals surface area contributed by atoms with E-state index < -0.39 is 5.97 Å². The van der Waals surface area contributed by atoms with Gasteiger partial charge in [-0.3, -0.25) is 5.10 Å². The van der Waals surface area contributed by atoms with E-state index in [-0.39, 0.29) is 11.4 Å². The van der Waals surface area contributed by atoms with Gasteiger partial charge < -0.3 is 10.5 Å². The quantitative estimate of drug-likeness (QED) is 0.785. The van der Waals surface area contributed by atoms with E-state index in [1.165, 1.54) is 6.42 Å². The highest BCUT2D eigenvalue weighted by molar-refractivity contribution is 5.84. The first kappa shape index (κ1) is 13.0. The number of aromatic amines is 1. The average molecular weight is 252 g/mol. The van der Waals surface area contributed by atoms with Gasteiger partial charge in [-0.05, 0) is 19.8 Å². The van der Waals surface area contributed by atoms with Crippen molar-refractivity contribution in [3.8, 4) is 0 Å². The molecule has 0 spiro atoms. The van der Waals surface area contributed by atoms with Crippen LogP contribution in [0.4, 0.5) is 0 Å². The van der Waals surface area contributed by atoms with Gasteiger partial charge in [-0.1, -0.05) is 19.3 Å². The fourth-order valence-electron chi connectivity index (χ4n) is 2.43. The van der Waals surface area contributed by atoms with Crippen LogP contribution in [0.25, 0.3) is 0 Å². The van der Waals surface area contributed by atoms with Crippen LogP contribution in [0.3, 0.4) is 0 Å². The van der Waals surface area contributed by atoms with Crippen LogP contribution < -0.4 is 5.73 Å². The van der Waals surface area contributed by atoms with Crippen molar-refractivity contribution in [2.75, 3.05) is 6.61 Å². The van der Waals surface area contributed by atoms with Crippen molar-refractivity contribution in [3.05, 3.63) is 11.6 Å². The molecule has 2 rings (SSSR count). The number of hydrogen-bond donors (Lipinski definition) is 2. The zero-order valence-corrected chi connectivity index (χ0v) is 10.7. The number of carbonyl (C=O) groups is 1. The average Bonchev–Trinajstić information content (AvgIpc) is 2.78. The summed E-state index contributed by atoms with van der Waals surface area (Å²) < 4.78 is 4.84. The molecule has 1 aromatic heterocycles. The summed E-state index contributed by atoms with van der Waals surface area (Å²) in [5, 5.41) is 6.64. The highest BCUT2D eigenvalue weighted by Crippen LogP contribution is 2.28. The van der Waals surface area contributed by atoms with Gasteiger partial charge in [0.05, 0.1) is 6.61 Å². The van der Waals surface area contributed by atoms with Crippen LogP contribution in [0.5, 0.6) is 0 Å². The second-order valence-corrected chi connectivity index (χ2v) is 4.93. The second kappa shape index (κ2) is 5.48. The number of H-pyrrole nitrogens is 1. The van der Waals surface area contributed by atoms with E-state index >= 15 is 0 Å². The Bertz CT molecular complexity index is 410. The summed E-state index contributed by atoms with van der Waals surface area (Å²) in [6.45, 7) is 2.08. The SMILES string of the molecule is CCOC(=O)c1n[nH]c(CC2(N)CCCCC2)n1. The van der Waals surface area contributed by atoms with E-state index in [0.29, 0.717) is 18.9 Å². The molecule has 0 aromatic carbocycles. The van der Waals surface area contributed by atoms with E-state index in [4.69, 9.17) is 10.5 Å². The van der Waals surface area contributed by atoms with Gasteiger partial charge in [0.1, 0.15) is 5.82 Å². The Kier molecular flexibility index (Phi) is 3.96. The first-order valence-electron chi connectivity index (χ1n) is 6.50. The molecule has 1 aliphatic carbocycles. The first-order valence-corrected chi connectivity index (χ1v) is 6.50. The summed E-state index contributed by atoms with van der Waals surface area (Å²) in [7, 11) is 0. The number of ether oxygens (including phenoxy) is 1. The molecular weight excluding hydrogens is 232 g/mol. The van der Waals surface area contributed by atoms with Gasteiger partial charge in [0.25, 0.3) is 5.82 Å². The molecule has 1 aliphatic rings. The first-order chi connectivity index (χ1) is 8.63. The molecule has 0 unspecified atom stereocenters. The van der Waals surface area contributed by atoms with Crippen molar-refractivity contribution in [2.45, 2.75) is 51.0 Å². The Balaban J connectivity index is 1.99. The maximum Gasteiger partial charge on any atom is 0.378 e. The zero-order valence-electron chi connectivity index (χ0n) is 10.7. The molecule has 0 bridgehead atoms. The summed E-state index contributed by atoms with van der Waals surface area (Å²) in [6.07, 6.45) is 6.22. The normalized spacial score (nSPS) is 18.6. The van der Waals surface area contributed by atoms with Gasteiger partial charge in [-0.25, -0.2) is 9.78 Å². The summed E-state index contributed by atoms with van der Waals surface area (Å²) in [6, 6.07) is 0. The second-order valence-electron chi connectivity index (χ2n) is 4.93. The van der Waals surface area contributed by atoms with Gasteiger partial charge in [-0.2, -0.15) is 0 Å². The lowest BCUT2D eigenvalue weighted by molar-refractivity contribution is 0.0512. The van der Waals surface area contributed by atoms with Crippen LogP contribution in [0.1, 0.15) is 55.5 Å².